The van der Waals surface area contributed by atoms with Gasteiger partial charge in [-0.15, -0.1) is 0 Å². The van der Waals surface area contributed by atoms with Crippen molar-refractivity contribution < 1.29 is 18.3 Å². The van der Waals surface area contributed by atoms with Gasteiger partial charge in [-0.25, -0.2) is 18.4 Å². The number of hydrogen-bond donors (Lipinski definition) is 3. The van der Waals surface area contributed by atoms with Crippen molar-refractivity contribution in [3.8, 4) is 5.75 Å². The van der Waals surface area contributed by atoms with Gasteiger partial charge in [0.15, 0.2) is 5.16 Å². The fraction of sp³-hybridized carbons (Fsp3) is 0.238. The van der Waals surface area contributed by atoms with Crippen LogP contribution in [0.5, 0.6) is 5.75 Å². The lowest BCUT2D eigenvalue weighted by Gasteiger charge is -2.14. The Morgan fingerprint density at radius 3 is 2.52 bits per heavy atom. The van der Waals surface area contributed by atoms with Gasteiger partial charge in [-0.2, -0.15) is 0 Å². The average molecular weight is 461 g/mol. The van der Waals surface area contributed by atoms with Gasteiger partial charge in [0, 0.05) is 23.9 Å². The predicted octanol–water partition coefficient (Wildman–Crippen LogP) is 3.37. The van der Waals surface area contributed by atoms with Crippen LogP contribution in [0.15, 0.2) is 70.7 Å². The van der Waals surface area contributed by atoms with Crippen LogP contribution in [-0.4, -0.2) is 43.3 Å². The van der Waals surface area contributed by atoms with Gasteiger partial charge in [-0.1, -0.05) is 48.2 Å². The minimum atomic E-state index is -3.89. The molecule has 10 heteroatoms. The van der Waals surface area contributed by atoms with Crippen molar-refractivity contribution in [1.29, 1.82) is 0 Å². The maximum Gasteiger partial charge on any atom is 0.263 e. The zero-order valence-corrected chi connectivity index (χ0v) is 18.8. The van der Waals surface area contributed by atoms with E-state index in [-0.39, 0.29) is 23.4 Å². The van der Waals surface area contributed by atoms with Crippen LogP contribution in [0, 0.1) is 0 Å². The molecule has 0 bridgehead atoms. The highest BCUT2D eigenvalue weighted by molar-refractivity contribution is 7.98. The van der Waals surface area contributed by atoms with Crippen molar-refractivity contribution in [2.75, 3.05) is 23.8 Å². The molecule has 1 atom stereocenters. The Bertz CT molecular complexity index is 1110. The molecule has 8 nitrogen and oxygen atoms in total. The lowest BCUT2D eigenvalue weighted by Crippen LogP contribution is -2.21. The van der Waals surface area contributed by atoms with Gasteiger partial charge in [0.05, 0.1) is 18.6 Å². The van der Waals surface area contributed by atoms with E-state index in [9.17, 15) is 13.5 Å². The highest BCUT2D eigenvalue weighted by Gasteiger charge is 2.17. The van der Waals surface area contributed by atoms with E-state index >= 15 is 0 Å². The standard InChI is InChI=1S/C21H24N4O4S2/c1-15(13-26)22-19-12-20(24-21(23-19)30-14-16-7-4-3-5-8-16)25-31(27,28)18-10-6-9-17(11-18)29-2/h3-12,15,26H,13-14H2,1-2H3,(H2,22,23,24,25)/t15-/m1/s1. The zero-order chi connectivity index (χ0) is 22.3. The van der Waals surface area contributed by atoms with E-state index in [2.05, 4.69) is 20.0 Å². The summed E-state index contributed by atoms with van der Waals surface area (Å²) in [4.78, 5) is 8.86. The molecule has 0 aliphatic rings. The number of rotatable bonds is 10. The molecule has 0 radical (unpaired) electrons. The van der Waals surface area contributed by atoms with E-state index in [0.29, 0.717) is 22.5 Å². The molecule has 3 aromatic rings. The Morgan fingerprint density at radius 1 is 1.06 bits per heavy atom. The third-order valence-electron chi connectivity index (χ3n) is 4.17. The van der Waals surface area contributed by atoms with Crippen LogP contribution in [0.2, 0.25) is 0 Å². The number of nitrogens with zero attached hydrogens (tertiary/aromatic N) is 2. The first-order valence-electron chi connectivity index (χ1n) is 9.49. The summed E-state index contributed by atoms with van der Waals surface area (Å²) in [6, 6.07) is 17.2. The number of nitrogens with one attached hydrogen (secondary N) is 2. The van der Waals surface area contributed by atoms with Crippen molar-refractivity contribution in [3.05, 3.63) is 66.2 Å². The molecule has 1 aromatic heterocycles. The lowest BCUT2D eigenvalue weighted by atomic mass is 10.2. The van der Waals surface area contributed by atoms with Crippen LogP contribution >= 0.6 is 11.8 Å². The molecule has 2 aromatic carbocycles. The maximum absolute atomic E-state index is 12.9. The molecule has 0 fully saturated rings. The normalized spacial score (nSPS) is 12.2. The summed E-state index contributed by atoms with van der Waals surface area (Å²) in [5, 5.41) is 12.8. The van der Waals surface area contributed by atoms with E-state index in [1.807, 2.05) is 30.3 Å². The van der Waals surface area contributed by atoms with Crippen LogP contribution in [-0.2, 0) is 15.8 Å². The number of thioether (sulfide) groups is 1. The van der Waals surface area contributed by atoms with Crippen LogP contribution in [0.25, 0.3) is 0 Å². The molecule has 164 valence electrons. The number of methoxy groups -OCH3 is 1. The van der Waals surface area contributed by atoms with Gasteiger partial charge >= 0.3 is 0 Å². The Morgan fingerprint density at radius 2 is 1.81 bits per heavy atom. The van der Waals surface area contributed by atoms with Crippen LogP contribution in [0.4, 0.5) is 11.6 Å². The number of benzene rings is 2. The van der Waals surface area contributed by atoms with Crippen LogP contribution in [0.3, 0.4) is 0 Å². The molecular formula is C21H24N4O4S2. The topological polar surface area (TPSA) is 113 Å². The second-order valence-corrected chi connectivity index (χ2v) is 9.33. The molecule has 3 rings (SSSR count). The number of aliphatic hydroxyl groups is 1. The Balaban J connectivity index is 1.87. The zero-order valence-electron chi connectivity index (χ0n) is 17.1. The second-order valence-electron chi connectivity index (χ2n) is 6.71. The van der Waals surface area contributed by atoms with E-state index < -0.39 is 10.0 Å². The first-order chi connectivity index (χ1) is 14.9. The van der Waals surface area contributed by atoms with Gasteiger partial charge in [-0.05, 0) is 24.6 Å². The lowest BCUT2D eigenvalue weighted by molar-refractivity contribution is 0.281. The molecular weight excluding hydrogens is 436 g/mol. The summed E-state index contributed by atoms with van der Waals surface area (Å²) in [6.07, 6.45) is 0. The summed E-state index contributed by atoms with van der Waals surface area (Å²) in [5.41, 5.74) is 1.09. The fourth-order valence-corrected chi connectivity index (χ4v) is 4.44. The summed E-state index contributed by atoms with van der Waals surface area (Å²) in [7, 11) is -2.41. The maximum atomic E-state index is 12.9. The molecule has 3 N–H and O–H groups in total. The molecule has 0 aliphatic heterocycles. The SMILES string of the molecule is COc1cccc(S(=O)(=O)Nc2cc(N[C@H](C)CO)nc(SCc3ccccc3)n2)c1. The highest BCUT2D eigenvalue weighted by Crippen LogP contribution is 2.25. The van der Waals surface area contributed by atoms with Crippen molar-refractivity contribution >= 4 is 33.4 Å². The average Bonchev–Trinajstić information content (AvgIpc) is 2.78. The van der Waals surface area contributed by atoms with Gasteiger partial charge in [0.1, 0.15) is 17.4 Å². The number of hydrogen-bond acceptors (Lipinski definition) is 8. The summed E-state index contributed by atoms with van der Waals surface area (Å²) < 4.78 is 33.3. The molecule has 0 saturated carbocycles. The van der Waals surface area contributed by atoms with Gasteiger partial charge in [0.25, 0.3) is 10.0 Å². The fourth-order valence-electron chi connectivity index (χ4n) is 2.60. The molecule has 1 heterocycles. The Kier molecular flexibility index (Phi) is 7.72. The number of ether oxygens (including phenoxy) is 1. The highest BCUT2D eigenvalue weighted by atomic mass is 32.2. The van der Waals surface area contributed by atoms with E-state index in [1.54, 1.807) is 19.1 Å². The number of aromatic nitrogens is 2. The van der Waals surface area contributed by atoms with Crippen molar-refractivity contribution in [1.82, 2.24) is 9.97 Å². The third-order valence-corrected chi connectivity index (χ3v) is 6.45. The number of sulfonamides is 1. The van der Waals surface area contributed by atoms with Crippen molar-refractivity contribution in [2.45, 2.75) is 28.8 Å². The largest absolute Gasteiger partial charge is 0.497 e. The van der Waals surface area contributed by atoms with Crippen molar-refractivity contribution in [3.63, 3.8) is 0 Å². The minimum absolute atomic E-state index is 0.0576. The summed E-state index contributed by atoms with van der Waals surface area (Å²) in [6.45, 7) is 1.69. The van der Waals surface area contributed by atoms with Crippen molar-refractivity contribution in [2.24, 2.45) is 0 Å². The molecule has 0 aliphatic carbocycles. The number of aliphatic hydroxyl groups excluding tert-OH is 1. The monoisotopic (exact) mass is 460 g/mol. The van der Waals surface area contributed by atoms with Crippen LogP contribution in [0.1, 0.15) is 12.5 Å². The molecule has 0 saturated heterocycles. The Hall–Kier alpha value is -2.82. The van der Waals surface area contributed by atoms with Gasteiger partial charge in [0.2, 0.25) is 0 Å². The molecule has 0 spiro atoms. The first-order valence-corrected chi connectivity index (χ1v) is 12.0. The molecule has 31 heavy (non-hydrogen) atoms. The Labute approximate surface area is 186 Å². The van der Waals surface area contributed by atoms with E-state index in [4.69, 9.17) is 4.74 Å². The smallest absolute Gasteiger partial charge is 0.263 e. The summed E-state index contributed by atoms with van der Waals surface area (Å²) in [5.74, 6) is 1.60. The third kappa shape index (κ3) is 6.58. The number of anilines is 2. The quantitative estimate of drug-likeness (QED) is 0.312. The summed E-state index contributed by atoms with van der Waals surface area (Å²) >= 11 is 1.38. The van der Waals surface area contributed by atoms with Gasteiger partial charge < -0.3 is 15.2 Å². The second kappa shape index (κ2) is 10.5. The predicted molar refractivity (Wildman–Crippen MR) is 122 cm³/mol. The van der Waals surface area contributed by atoms with E-state index in [1.165, 1.54) is 37.1 Å². The molecule has 0 amide bonds. The van der Waals surface area contributed by atoms with Gasteiger partial charge in [-0.3, -0.25) is 4.72 Å². The minimum Gasteiger partial charge on any atom is -0.497 e. The molecule has 0 unspecified atom stereocenters. The first kappa shape index (κ1) is 22.9. The van der Waals surface area contributed by atoms with E-state index in [0.717, 1.165) is 5.56 Å². The van der Waals surface area contributed by atoms with Crippen LogP contribution < -0.4 is 14.8 Å².